The van der Waals surface area contributed by atoms with E-state index >= 15 is 0 Å². The topological polar surface area (TPSA) is 34.6 Å². The van der Waals surface area contributed by atoms with E-state index in [9.17, 15) is 0 Å². The number of nitrogens with zero attached hydrogens (tertiary/aromatic N) is 2. The van der Waals surface area contributed by atoms with E-state index in [2.05, 4.69) is 32.9 Å². The first-order chi connectivity index (χ1) is 7.74. The maximum Gasteiger partial charge on any atom is 0.137 e. The molecular formula is C11H15BrN2O2. The van der Waals surface area contributed by atoms with Gasteiger partial charge in [-0.05, 0) is 35.1 Å². The summed E-state index contributed by atoms with van der Waals surface area (Å²) in [5, 5.41) is 0. The van der Waals surface area contributed by atoms with Crippen molar-refractivity contribution in [1.82, 2.24) is 9.88 Å². The van der Waals surface area contributed by atoms with Gasteiger partial charge in [0.15, 0.2) is 0 Å². The van der Waals surface area contributed by atoms with Crippen LogP contribution in [-0.2, 0) is 4.74 Å². The summed E-state index contributed by atoms with van der Waals surface area (Å²) in [6.07, 6.45) is 1.86. The van der Waals surface area contributed by atoms with Gasteiger partial charge >= 0.3 is 0 Å². The second-order valence-corrected chi connectivity index (χ2v) is 4.70. The molecule has 16 heavy (non-hydrogen) atoms. The van der Waals surface area contributed by atoms with E-state index in [0.717, 1.165) is 30.0 Å². The molecule has 1 unspecified atom stereocenters. The summed E-state index contributed by atoms with van der Waals surface area (Å²) >= 11 is 3.28. The second-order valence-electron chi connectivity index (χ2n) is 3.88. The van der Waals surface area contributed by atoms with E-state index in [-0.39, 0.29) is 6.10 Å². The van der Waals surface area contributed by atoms with Gasteiger partial charge in [0.25, 0.3) is 0 Å². The molecule has 1 fully saturated rings. The molecule has 0 radical (unpaired) electrons. The first-order valence-corrected chi connectivity index (χ1v) is 6.08. The van der Waals surface area contributed by atoms with Gasteiger partial charge < -0.3 is 14.4 Å². The maximum atomic E-state index is 5.61. The Morgan fingerprint density at radius 3 is 3.19 bits per heavy atom. The molecular weight excluding hydrogens is 272 g/mol. The van der Waals surface area contributed by atoms with Crippen molar-refractivity contribution in [2.45, 2.75) is 6.10 Å². The molecule has 0 spiro atoms. The number of pyridine rings is 1. The molecule has 1 aliphatic rings. The minimum absolute atomic E-state index is 0.155. The van der Waals surface area contributed by atoms with Gasteiger partial charge in [0.2, 0.25) is 0 Å². The molecule has 0 amide bonds. The highest BCUT2D eigenvalue weighted by molar-refractivity contribution is 9.10. The van der Waals surface area contributed by atoms with E-state index in [4.69, 9.17) is 9.47 Å². The fourth-order valence-corrected chi connectivity index (χ4v) is 1.84. The van der Waals surface area contributed by atoms with Crippen LogP contribution in [0.1, 0.15) is 0 Å². The summed E-state index contributed by atoms with van der Waals surface area (Å²) in [6.45, 7) is 3.27. The highest BCUT2D eigenvalue weighted by Gasteiger charge is 2.18. The first-order valence-electron chi connectivity index (χ1n) is 5.28. The Morgan fingerprint density at radius 2 is 2.50 bits per heavy atom. The molecule has 1 aromatic heterocycles. The number of hydrogen-bond acceptors (Lipinski definition) is 4. The van der Waals surface area contributed by atoms with E-state index in [0.29, 0.717) is 6.61 Å². The van der Waals surface area contributed by atoms with Crippen molar-refractivity contribution in [2.75, 3.05) is 33.4 Å². The number of morpholine rings is 1. The Kier molecular flexibility index (Phi) is 4.15. The summed E-state index contributed by atoms with van der Waals surface area (Å²) < 4.78 is 12.0. The number of hydrogen-bond donors (Lipinski definition) is 0. The number of ether oxygens (including phenoxy) is 2. The molecule has 0 N–H and O–H groups in total. The SMILES string of the molecule is CN1CCOC(COc2ccc(Br)nc2)C1. The predicted molar refractivity (Wildman–Crippen MR) is 64.7 cm³/mol. The molecule has 0 aliphatic carbocycles. The molecule has 1 saturated heterocycles. The minimum atomic E-state index is 0.155. The van der Waals surface area contributed by atoms with Crippen molar-refractivity contribution in [2.24, 2.45) is 0 Å². The zero-order valence-electron chi connectivity index (χ0n) is 9.23. The smallest absolute Gasteiger partial charge is 0.137 e. The molecule has 0 bridgehead atoms. The summed E-state index contributed by atoms with van der Waals surface area (Å²) in [6, 6.07) is 3.76. The molecule has 2 heterocycles. The Balaban J connectivity index is 1.80. The maximum absolute atomic E-state index is 5.61. The molecule has 5 heteroatoms. The van der Waals surface area contributed by atoms with E-state index in [1.165, 1.54) is 0 Å². The van der Waals surface area contributed by atoms with Crippen molar-refractivity contribution >= 4 is 15.9 Å². The fourth-order valence-electron chi connectivity index (χ4n) is 1.60. The number of aromatic nitrogens is 1. The quantitative estimate of drug-likeness (QED) is 0.790. The summed E-state index contributed by atoms with van der Waals surface area (Å²) in [5.41, 5.74) is 0. The third-order valence-corrected chi connectivity index (χ3v) is 2.95. The van der Waals surface area contributed by atoms with E-state index in [1.807, 2.05) is 12.1 Å². The third kappa shape index (κ3) is 3.43. The second kappa shape index (κ2) is 5.61. The highest BCUT2D eigenvalue weighted by Crippen LogP contribution is 2.13. The van der Waals surface area contributed by atoms with Crippen LogP contribution >= 0.6 is 15.9 Å². The largest absolute Gasteiger partial charge is 0.489 e. The van der Waals surface area contributed by atoms with Crippen LogP contribution in [0.4, 0.5) is 0 Å². The van der Waals surface area contributed by atoms with Gasteiger partial charge in [0.05, 0.1) is 12.8 Å². The monoisotopic (exact) mass is 286 g/mol. The Morgan fingerprint density at radius 1 is 1.62 bits per heavy atom. The van der Waals surface area contributed by atoms with E-state index in [1.54, 1.807) is 6.20 Å². The number of halogens is 1. The van der Waals surface area contributed by atoms with Crippen LogP contribution in [0, 0.1) is 0 Å². The van der Waals surface area contributed by atoms with E-state index < -0.39 is 0 Å². The predicted octanol–water partition coefficient (Wildman–Crippen LogP) is 1.55. The normalized spacial score (nSPS) is 22.0. The molecule has 1 aromatic rings. The van der Waals surface area contributed by atoms with Crippen LogP contribution in [-0.4, -0.2) is 49.3 Å². The lowest BCUT2D eigenvalue weighted by atomic mass is 10.3. The molecule has 0 saturated carbocycles. The van der Waals surface area contributed by atoms with Gasteiger partial charge in [0, 0.05) is 13.1 Å². The number of likely N-dealkylation sites (N-methyl/N-ethyl adjacent to an activating group) is 1. The van der Waals surface area contributed by atoms with Gasteiger partial charge in [-0.2, -0.15) is 0 Å². The zero-order chi connectivity index (χ0) is 11.4. The zero-order valence-corrected chi connectivity index (χ0v) is 10.8. The Hall–Kier alpha value is -0.650. The standard InChI is InChI=1S/C11H15BrN2O2/c1-14-4-5-15-10(7-14)8-16-9-2-3-11(12)13-6-9/h2-3,6,10H,4-5,7-8H2,1H3. The molecule has 4 nitrogen and oxygen atoms in total. The van der Waals surface area contributed by atoms with Crippen molar-refractivity contribution in [3.8, 4) is 5.75 Å². The Bertz CT molecular complexity index is 331. The Labute approximate surface area is 104 Å². The summed E-state index contributed by atoms with van der Waals surface area (Å²) in [5.74, 6) is 0.778. The molecule has 88 valence electrons. The van der Waals surface area contributed by atoms with Crippen LogP contribution in [0.3, 0.4) is 0 Å². The summed E-state index contributed by atoms with van der Waals surface area (Å²) in [7, 11) is 2.09. The van der Waals surface area contributed by atoms with Crippen LogP contribution in [0.25, 0.3) is 0 Å². The van der Waals surface area contributed by atoms with Gasteiger partial charge in [-0.25, -0.2) is 4.98 Å². The highest BCUT2D eigenvalue weighted by atomic mass is 79.9. The van der Waals surface area contributed by atoms with Crippen molar-refractivity contribution in [3.63, 3.8) is 0 Å². The third-order valence-electron chi connectivity index (χ3n) is 2.48. The lowest BCUT2D eigenvalue weighted by Gasteiger charge is -2.29. The van der Waals surface area contributed by atoms with Crippen LogP contribution < -0.4 is 4.74 Å². The number of rotatable bonds is 3. The van der Waals surface area contributed by atoms with Crippen LogP contribution in [0.5, 0.6) is 5.75 Å². The molecule has 2 rings (SSSR count). The van der Waals surface area contributed by atoms with Crippen molar-refractivity contribution in [3.05, 3.63) is 22.9 Å². The van der Waals surface area contributed by atoms with Gasteiger partial charge in [0.1, 0.15) is 23.1 Å². The minimum Gasteiger partial charge on any atom is -0.489 e. The van der Waals surface area contributed by atoms with Crippen molar-refractivity contribution < 1.29 is 9.47 Å². The van der Waals surface area contributed by atoms with Gasteiger partial charge in [-0.3, -0.25) is 0 Å². The summed E-state index contributed by atoms with van der Waals surface area (Å²) in [4.78, 5) is 6.35. The lowest BCUT2D eigenvalue weighted by molar-refractivity contribution is -0.0404. The van der Waals surface area contributed by atoms with Crippen molar-refractivity contribution in [1.29, 1.82) is 0 Å². The average Bonchev–Trinajstić information content (AvgIpc) is 2.28. The van der Waals surface area contributed by atoms with Crippen LogP contribution in [0.2, 0.25) is 0 Å². The van der Waals surface area contributed by atoms with Gasteiger partial charge in [-0.1, -0.05) is 0 Å². The van der Waals surface area contributed by atoms with Gasteiger partial charge in [-0.15, -0.1) is 0 Å². The van der Waals surface area contributed by atoms with Crippen LogP contribution in [0.15, 0.2) is 22.9 Å². The fraction of sp³-hybridized carbons (Fsp3) is 0.545. The molecule has 1 aliphatic heterocycles. The lowest BCUT2D eigenvalue weighted by Crippen LogP contribution is -2.42. The first kappa shape index (κ1) is 11.8. The molecule has 1 atom stereocenters. The molecule has 0 aromatic carbocycles. The average molecular weight is 287 g/mol.